The summed E-state index contributed by atoms with van der Waals surface area (Å²) in [5, 5.41) is 35.5. The first-order valence-corrected chi connectivity index (χ1v) is 4.22. The second-order valence-electron chi connectivity index (χ2n) is 2.77. The maximum absolute atomic E-state index is 8.63. The minimum absolute atomic E-state index is 0. The Kier molecular flexibility index (Phi) is 5.81. The molecule has 0 fully saturated rings. The molecule has 0 N–H and O–H groups in total. The fourth-order valence-corrected chi connectivity index (χ4v) is 1.11. The van der Waals surface area contributed by atoms with Crippen molar-refractivity contribution in [2.45, 2.75) is 0 Å². The van der Waals surface area contributed by atoms with Crippen molar-refractivity contribution in [3.63, 3.8) is 0 Å². The van der Waals surface area contributed by atoms with E-state index in [1.54, 1.807) is 24.3 Å². The number of hydrogen-bond donors (Lipinski definition) is 0. The molecule has 1 rings (SSSR count). The number of nitrogens with zero attached hydrogens (tertiary/aromatic N) is 4. The van der Waals surface area contributed by atoms with Gasteiger partial charge in [-0.1, -0.05) is 24.3 Å². The largest absolute Gasteiger partial charge is 0.192 e. The predicted molar refractivity (Wildman–Crippen MR) is 55.0 cm³/mol. The SMILES string of the molecule is N#CC(C#N)=c1ccc(=C(C#N)C#N)cc1.[Cu]. The van der Waals surface area contributed by atoms with Gasteiger partial charge in [-0.25, -0.2) is 0 Å². The molecule has 1 radical (unpaired) electrons. The van der Waals surface area contributed by atoms with Crippen LogP contribution in [0.4, 0.5) is 0 Å². The maximum atomic E-state index is 8.63. The molecule has 83 valence electrons. The maximum Gasteiger partial charge on any atom is 0.136 e. The molecule has 0 aliphatic heterocycles. The Bertz CT molecular complexity index is 587. The minimum atomic E-state index is 0. The molecule has 0 saturated carbocycles. The number of rotatable bonds is 0. The third-order valence-electron chi connectivity index (χ3n) is 1.91. The molecule has 0 amide bonds. The van der Waals surface area contributed by atoms with Crippen molar-refractivity contribution in [2.75, 3.05) is 0 Å². The van der Waals surface area contributed by atoms with E-state index in [9.17, 15) is 0 Å². The Balaban J connectivity index is 0.00000256. The average Bonchev–Trinajstić information content (AvgIpc) is 2.34. The van der Waals surface area contributed by atoms with E-state index < -0.39 is 0 Å². The van der Waals surface area contributed by atoms with Crippen molar-refractivity contribution >= 4 is 11.1 Å². The van der Waals surface area contributed by atoms with Crippen LogP contribution in [0.5, 0.6) is 0 Å². The number of hydrogen-bond acceptors (Lipinski definition) is 4. The van der Waals surface area contributed by atoms with Crippen molar-refractivity contribution in [3.05, 3.63) is 34.7 Å². The molecule has 17 heavy (non-hydrogen) atoms. The zero-order chi connectivity index (χ0) is 12.0. The standard InChI is InChI=1S/C12H4N4.Cu/c13-5-11(6-14)9-1-2-10(4-3-9)12(7-15)8-16;/h1-4H;. The Morgan fingerprint density at radius 3 is 1.06 bits per heavy atom. The molecule has 0 aliphatic carbocycles. The van der Waals surface area contributed by atoms with Gasteiger partial charge >= 0.3 is 0 Å². The van der Waals surface area contributed by atoms with E-state index >= 15 is 0 Å². The van der Waals surface area contributed by atoms with E-state index in [-0.39, 0.29) is 28.2 Å². The third kappa shape index (κ3) is 3.20. The normalized spacial score (nSPS) is 7.29. The molecule has 0 unspecified atom stereocenters. The summed E-state index contributed by atoms with van der Waals surface area (Å²) in [6.07, 6.45) is 0. The van der Waals surface area contributed by atoms with Gasteiger partial charge in [-0.15, -0.1) is 0 Å². The summed E-state index contributed by atoms with van der Waals surface area (Å²) in [5.74, 6) is 0. The topological polar surface area (TPSA) is 95.2 Å². The Labute approximate surface area is 108 Å². The van der Waals surface area contributed by atoms with Gasteiger partial charge in [0.15, 0.2) is 0 Å². The van der Waals surface area contributed by atoms with Crippen LogP contribution in [0.15, 0.2) is 24.3 Å². The number of benzene rings is 1. The van der Waals surface area contributed by atoms with Gasteiger partial charge in [0.25, 0.3) is 0 Å². The molecule has 0 saturated heterocycles. The zero-order valence-electron chi connectivity index (χ0n) is 8.40. The van der Waals surface area contributed by atoms with E-state index in [2.05, 4.69) is 0 Å². The van der Waals surface area contributed by atoms with Crippen LogP contribution in [0.2, 0.25) is 0 Å². The van der Waals surface area contributed by atoms with Crippen molar-refractivity contribution in [1.82, 2.24) is 0 Å². The summed E-state index contributed by atoms with van der Waals surface area (Å²) in [6.45, 7) is 0. The van der Waals surface area contributed by atoms with Crippen LogP contribution in [0.3, 0.4) is 0 Å². The molecular formula is C12H4CuN4. The monoisotopic (exact) mass is 267 g/mol. The van der Waals surface area contributed by atoms with Crippen LogP contribution in [0, 0.1) is 45.3 Å². The molecule has 0 heterocycles. The average molecular weight is 268 g/mol. The summed E-state index contributed by atoms with van der Waals surface area (Å²) in [6, 6.07) is 13.2. The molecule has 0 spiro atoms. The predicted octanol–water partition coefficient (Wildman–Crippen LogP) is 0.0798. The van der Waals surface area contributed by atoms with Crippen molar-refractivity contribution in [2.24, 2.45) is 0 Å². The van der Waals surface area contributed by atoms with E-state index in [0.717, 1.165) is 0 Å². The van der Waals surface area contributed by atoms with Gasteiger partial charge in [-0.05, 0) is 0 Å². The minimum Gasteiger partial charge on any atom is -0.192 e. The van der Waals surface area contributed by atoms with Gasteiger partial charge in [-0.2, -0.15) is 21.0 Å². The summed E-state index contributed by atoms with van der Waals surface area (Å²) in [7, 11) is 0. The Morgan fingerprint density at radius 2 is 0.882 bits per heavy atom. The first-order valence-electron chi connectivity index (χ1n) is 4.22. The van der Waals surface area contributed by atoms with Gasteiger partial charge < -0.3 is 0 Å². The van der Waals surface area contributed by atoms with Gasteiger partial charge in [-0.3, -0.25) is 0 Å². The first-order chi connectivity index (χ1) is 7.76. The Hall–Kier alpha value is -2.56. The fraction of sp³-hybridized carbons (Fsp3) is 0. The second-order valence-corrected chi connectivity index (χ2v) is 2.77. The summed E-state index contributed by atoms with van der Waals surface area (Å²) in [5.41, 5.74) is 0.00373. The molecular weight excluding hydrogens is 264 g/mol. The Morgan fingerprint density at radius 1 is 0.647 bits per heavy atom. The van der Waals surface area contributed by atoms with Crippen molar-refractivity contribution < 1.29 is 17.1 Å². The van der Waals surface area contributed by atoms with Crippen LogP contribution in [-0.2, 0) is 17.1 Å². The molecule has 0 aromatic heterocycles. The van der Waals surface area contributed by atoms with E-state index in [1.807, 2.05) is 0 Å². The molecule has 0 bridgehead atoms. The van der Waals surface area contributed by atoms with Crippen LogP contribution in [0.1, 0.15) is 0 Å². The number of nitriles is 4. The van der Waals surface area contributed by atoms with Crippen LogP contribution >= 0.6 is 0 Å². The molecule has 0 atom stereocenters. The van der Waals surface area contributed by atoms with Gasteiger partial charge in [0, 0.05) is 27.5 Å². The molecule has 4 nitrogen and oxygen atoms in total. The third-order valence-corrected chi connectivity index (χ3v) is 1.91. The van der Waals surface area contributed by atoms with E-state index in [1.165, 1.54) is 24.3 Å². The van der Waals surface area contributed by atoms with Gasteiger partial charge in [0.05, 0.1) is 0 Å². The molecule has 0 aliphatic rings. The quantitative estimate of drug-likeness (QED) is 0.622. The summed E-state index contributed by atoms with van der Waals surface area (Å²) in [4.78, 5) is 0. The smallest absolute Gasteiger partial charge is 0.136 e. The van der Waals surface area contributed by atoms with Crippen LogP contribution in [-0.4, -0.2) is 0 Å². The first kappa shape index (κ1) is 14.4. The van der Waals surface area contributed by atoms with Crippen LogP contribution in [0.25, 0.3) is 11.1 Å². The zero-order valence-corrected chi connectivity index (χ0v) is 9.34. The van der Waals surface area contributed by atoms with Gasteiger partial charge in [0.2, 0.25) is 0 Å². The summed E-state index contributed by atoms with van der Waals surface area (Å²) < 4.78 is 0. The molecule has 1 aromatic rings. The van der Waals surface area contributed by atoms with E-state index in [0.29, 0.717) is 10.4 Å². The molecule has 1 aromatic carbocycles. The fourth-order valence-electron chi connectivity index (χ4n) is 1.11. The van der Waals surface area contributed by atoms with Crippen molar-refractivity contribution in [1.29, 1.82) is 21.0 Å². The summed E-state index contributed by atoms with van der Waals surface area (Å²) >= 11 is 0. The second kappa shape index (κ2) is 6.84. The van der Waals surface area contributed by atoms with Crippen molar-refractivity contribution in [3.8, 4) is 24.3 Å². The van der Waals surface area contributed by atoms with Crippen LogP contribution < -0.4 is 10.4 Å². The van der Waals surface area contributed by atoms with E-state index in [4.69, 9.17) is 21.0 Å². The van der Waals surface area contributed by atoms with Gasteiger partial charge in [0.1, 0.15) is 35.4 Å². The molecule has 5 heteroatoms.